The maximum Gasteiger partial charge on any atom is 0.407 e. The van der Waals surface area contributed by atoms with Gasteiger partial charge in [0.1, 0.15) is 6.10 Å². The zero-order valence-corrected chi connectivity index (χ0v) is 12.6. The molecule has 2 rings (SSSR count). The van der Waals surface area contributed by atoms with E-state index < -0.39 is 6.09 Å². The molecule has 3 nitrogen and oxygen atoms in total. The fourth-order valence-corrected chi connectivity index (χ4v) is 2.22. The van der Waals surface area contributed by atoms with Crippen LogP contribution in [0.4, 0.5) is 4.79 Å². The fraction of sp³-hybridized carbons (Fsp3) is 0.235. The largest absolute Gasteiger partial charge is 0.446 e. The molecule has 0 fully saturated rings. The third-order valence-electron chi connectivity index (χ3n) is 3.05. The smallest absolute Gasteiger partial charge is 0.407 e. The molecular formula is C17H18ClNO2. The van der Waals surface area contributed by atoms with E-state index in [1.54, 1.807) is 0 Å². The summed E-state index contributed by atoms with van der Waals surface area (Å²) in [6, 6.07) is 17.3. The summed E-state index contributed by atoms with van der Waals surface area (Å²) in [5.74, 6) is 0. The van der Waals surface area contributed by atoms with Crippen molar-refractivity contribution >= 4 is 17.7 Å². The first kappa shape index (κ1) is 15.4. The monoisotopic (exact) mass is 303 g/mol. The Labute approximate surface area is 129 Å². The van der Waals surface area contributed by atoms with Crippen molar-refractivity contribution in [2.45, 2.75) is 26.0 Å². The molecule has 0 unspecified atom stereocenters. The SMILES string of the molecule is C[C@@H](Cc1ccccc1Cl)OC(=O)NCc1ccccc1. The van der Waals surface area contributed by atoms with E-state index in [1.165, 1.54) is 0 Å². The number of halogens is 1. The van der Waals surface area contributed by atoms with Crippen molar-refractivity contribution in [2.24, 2.45) is 0 Å². The Hall–Kier alpha value is -2.00. The van der Waals surface area contributed by atoms with Gasteiger partial charge in [-0.3, -0.25) is 0 Å². The number of rotatable bonds is 5. The van der Waals surface area contributed by atoms with Crippen molar-refractivity contribution in [1.82, 2.24) is 5.32 Å². The minimum Gasteiger partial charge on any atom is -0.446 e. The van der Waals surface area contributed by atoms with Crippen LogP contribution in [0, 0.1) is 0 Å². The van der Waals surface area contributed by atoms with E-state index in [9.17, 15) is 4.79 Å². The van der Waals surface area contributed by atoms with E-state index in [1.807, 2.05) is 61.5 Å². The third-order valence-corrected chi connectivity index (χ3v) is 3.42. The van der Waals surface area contributed by atoms with E-state index in [4.69, 9.17) is 16.3 Å². The molecule has 0 spiro atoms. The van der Waals surface area contributed by atoms with Crippen molar-refractivity contribution in [3.8, 4) is 0 Å². The normalized spacial score (nSPS) is 11.7. The molecule has 110 valence electrons. The van der Waals surface area contributed by atoms with Gasteiger partial charge in [-0.15, -0.1) is 0 Å². The van der Waals surface area contributed by atoms with Crippen molar-refractivity contribution in [1.29, 1.82) is 0 Å². The second-order valence-corrected chi connectivity index (χ2v) is 5.26. The number of carbonyl (C=O) groups is 1. The number of hydrogen-bond acceptors (Lipinski definition) is 2. The van der Waals surface area contributed by atoms with E-state index in [0.29, 0.717) is 18.0 Å². The molecule has 1 amide bonds. The predicted molar refractivity (Wildman–Crippen MR) is 84.4 cm³/mol. The number of carbonyl (C=O) groups excluding carboxylic acids is 1. The predicted octanol–water partition coefficient (Wildman–Crippen LogP) is 4.20. The molecule has 0 saturated carbocycles. The molecule has 2 aromatic rings. The van der Waals surface area contributed by atoms with Gasteiger partial charge in [0.15, 0.2) is 0 Å². The standard InChI is InChI=1S/C17H18ClNO2/c1-13(11-15-9-5-6-10-16(15)18)21-17(20)19-12-14-7-3-2-4-8-14/h2-10,13H,11-12H2,1H3,(H,19,20)/t13-/m0/s1. The summed E-state index contributed by atoms with van der Waals surface area (Å²) in [4.78, 5) is 11.7. The van der Waals surface area contributed by atoms with Crippen LogP contribution in [-0.2, 0) is 17.7 Å². The molecule has 0 radical (unpaired) electrons. The van der Waals surface area contributed by atoms with Gasteiger partial charge in [-0.25, -0.2) is 4.79 Å². The quantitative estimate of drug-likeness (QED) is 0.899. The maximum absolute atomic E-state index is 11.7. The highest BCUT2D eigenvalue weighted by molar-refractivity contribution is 6.31. The van der Waals surface area contributed by atoms with Crippen LogP contribution in [0.15, 0.2) is 54.6 Å². The summed E-state index contributed by atoms with van der Waals surface area (Å²) in [5.41, 5.74) is 2.01. The van der Waals surface area contributed by atoms with Crippen LogP contribution in [0.25, 0.3) is 0 Å². The summed E-state index contributed by atoms with van der Waals surface area (Å²) in [6.07, 6.45) is -0.0580. The molecule has 0 heterocycles. The highest BCUT2D eigenvalue weighted by atomic mass is 35.5. The molecule has 0 saturated heterocycles. The van der Waals surface area contributed by atoms with Crippen LogP contribution in [0.5, 0.6) is 0 Å². The number of ether oxygens (including phenoxy) is 1. The lowest BCUT2D eigenvalue weighted by molar-refractivity contribution is 0.106. The van der Waals surface area contributed by atoms with E-state index >= 15 is 0 Å². The van der Waals surface area contributed by atoms with E-state index in [-0.39, 0.29) is 6.10 Å². The van der Waals surface area contributed by atoms with Crippen molar-refractivity contribution in [3.63, 3.8) is 0 Å². The summed E-state index contributed by atoms with van der Waals surface area (Å²) in [5, 5.41) is 3.43. The van der Waals surface area contributed by atoms with Crippen LogP contribution in [0.3, 0.4) is 0 Å². The van der Waals surface area contributed by atoms with Crippen molar-refractivity contribution in [2.75, 3.05) is 0 Å². The molecular weight excluding hydrogens is 286 g/mol. The van der Waals surface area contributed by atoms with Gasteiger partial charge in [0, 0.05) is 18.0 Å². The van der Waals surface area contributed by atoms with Gasteiger partial charge in [-0.2, -0.15) is 0 Å². The van der Waals surface area contributed by atoms with Gasteiger partial charge in [-0.05, 0) is 24.1 Å². The summed E-state index contributed by atoms with van der Waals surface area (Å²) in [6.45, 7) is 2.31. The highest BCUT2D eigenvalue weighted by Gasteiger charge is 2.11. The lowest BCUT2D eigenvalue weighted by Crippen LogP contribution is -2.28. The number of hydrogen-bond donors (Lipinski definition) is 1. The van der Waals surface area contributed by atoms with Crippen LogP contribution < -0.4 is 5.32 Å². The summed E-state index contributed by atoms with van der Waals surface area (Å²) >= 11 is 6.09. The molecule has 0 aromatic heterocycles. The first-order chi connectivity index (χ1) is 10.1. The van der Waals surface area contributed by atoms with Gasteiger partial charge in [-0.1, -0.05) is 60.1 Å². The number of amides is 1. The lowest BCUT2D eigenvalue weighted by Gasteiger charge is -2.14. The molecule has 21 heavy (non-hydrogen) atoms. The molecule has 4 heteroatoms. The Balaban J connectivity index is 1.78. The maximum atomic E-state index is 11.7. The second kappa shape index (κ2) is 7.70. The molecule has 2 aromatic carbocycles. The Morgan fingerprint density at radius 1 is 1.14 bits per heavy atom. The second-order valence-electron chi connectivity index (χ2n) is 4.85. The molecule has 0 aliphatic heterocycles. The summed E-state index contributed by atoms with van der Waals surface area (Å²) in [7, 11) is 0. The molecule has 0 aliphatic carbocycles. The van der Waals surface area contributed by atoms with Gasteiger partial charge >= 0.3 is 6.09 Å². The van der Waals surface area contributed by atoms with Gasteiger partial charge in [0.25, 0.3) is 0 Å². The van der Waals surface area contributed by atoms with Crippen LogP contribution >= 0.6 is 11.6 Å². The van der Waals surface area contributed by atoms with E-state index in [2.05, 4.69) is 5.32 Å². The molecule has 1 atom stereocenters. The third kappa shape index (κ3) is 5.12. The summed E-state index contributed by atoms with van der Waals surface area (Å²) < 4.78 is 5.32. The zero-order chi connectivity index (χ0) is 15.1. The fourth-order valence-electron chi connectivity index (χ4n) is 2.01. The molecule has 0 aliphatic rings. The lowest BCUT2D eigenvalue weighted by atomic mass is 10.1. The molecule has 1 N–H and O–H groups in total. The average molecular weight is 304 g/mol. The topological polar surface area (TPSA) is 38.3 Å². The number of alkyl carbamates (subject to hydrolysis) is 1. The Bertz CT molecular complexity index is 586. The van der Waals surface area contributed by atoms with Crippen LogP contribution in [-0.4, -0.2) is 12.2 Å². The van der Waals surface area contributed by atoms with E-state index in [0.717, 1.165) is 11.1 Å². The Kier molecular flexibility index (Phi) is 5.64. The first-order valence-corrected chi connectivity index (χ1v) is 7.25. The van der Waals surface area contributed by atoms with Gasteiger partial charge in [0.05, 0.1) is 0 Å². The van der Waals surface area contributed by atoms with Crippen molar-refractivity contribution in [3.05, 3.63) is 70.7 Å². The highest BCUT2D eigenvalue weighted by Crippen LogP contribution is 2.17. The zero-order valence-electron chi connectivity index (χ0n) is 11.9. The minimum atomic E-state index is -0.418. The first-order valence-electron chi connectivity index (χ1n) is 6.87. The Morgan fingerprint density at radius 3 is 2.52 bits per heavy atom. The van der Waals surface area contributed by atoms with Gasteiger partial charge in [0.2, 0.25) is 0 Å². The van der Waals surface area contributed by atoms with Crippen LogP contribution in [0.1, 0.15) is 18.1 Å². The van der Waals surface area contributed by atoms with Crippen molar-refractivity contribution < 1.29 is 9.53 Å². The number of nitrogens with one attached hydrogen (secondary N) is 1. The Morgan fingerprint density at radius 2 is 1.81 bits per heavy atom. The minimum absolute atomic E-state index is 0.235. The van der Waals surface area contributed by atoms with Crippen LogP contribution in [0.2, 0.25) is 5.02 Å². The number of benzene rings is 2. The molecule has 0 bridgehead atoms. The van der Waals surface area contributed by atoms with Gasteiger partial charge < -0.3 is 10.1 Å². The average Bonchev–Trinajstić information content (AvgIpc) is 2.48.